The molecule has 0 N–H and O–H groups in total. The van der Waals surface area contributed by atoms with Gasteiger partial charge in [0.25, 0.3) is 10.4 Å². The van der Waals surface area contributed by atoms with E-state index in [0.29, 0.717) is 10.4 Å². The molecule has 0 fully saturated rings. The van der Waals surface area contributed by atoms with Crippen molar-refractivity contribution in [1.82, 2.24) is 9.97 Å². The summed E-state index contributed by atoms with van der Waals surface area (Å²) in [5.41, 5.74) is 6.44. The molecule has 3 nitrogen and oxygen atoms in total. The van der Waals surface area contributed by atoms with Gasteiger partial charge < -0.3 is 4.74 Å². The highest BCUT2D eigenvalue weighted by molar-refractivity contribution is 7.21. The Bertz CT molecular complexity index is 1390. The Morgan fingerprint density at radius 3 is 1.39 bits per heavy atom. The second kappa shape index (κ2) is 7.61. The SMILES string of the molecule is c1ccc(-c2cccc3sc(Oc4nc5c(-c6ccccc6)cccc5s4)nc23)cc1. The minimum Gasteiger partial charge on any atom is -0.402 e. The Balaban J connectivity index is 1.39. The van der Waals surface area contributed by atoms with Gasteiger partial charge in [-0.05, 0) is 23.3 Å². The number of aromatic nitrogens is 2. The summed E-state index contributed by atoms with van der Waals surface area (Å²) in [6.45, 7) is 0. The lowest BCUT2D eigenvalue weighted by Gasteiger charge is -2.01. The molecule has 148 valence electrons. The molecule has 0 aliphatic rings. The van der Waals surface area contributed by atoms with Crippen LogP contribution in [-0.2, 0) is 0 Å². The third-order valence-electron chi connectivity index (χ3n) is 5.14. The molecule has 6 aromatic rings. The largest absolute Gasteiger partial charge is 0.402 e. The normalized spacial score (nSPS) is 11.2. The molecule has 0 amide bonds. The molecule has 31 heavy (non-hydrogen) atoms. The number of fused-ring (bicyclic) bond motifs is 2. The molecule has 5 heteroatoms. The minimum atomic E-state index is 0.610. The Kier molecular flexibility index (Phi) is 4.48. The fourth-order valence-corrected chi connectivity index (χ4v) is 5.46. The first-order valence-electron chi connectivity index (χ1n) is 9.93. The average Bonchev–Trinajstić information content (AvgIpc) is 3.43. The molecule has 6 rings (SSSR count). The second-order valence-corrected chi connectivity index (χ2v) is 9.08. The van der Waals surface area contributed by atoms with Gasteiger partial charge in [-0.25, -0.2) is 9.97 Å². The Morgan fingerprint density at radius 1 is 0.484 bits per heavy atom. The van der Waals surface area contributed by atoms with Crippen molar-refractivity contribution >= 4 is 43.1 Å². The lowest BCUT2D eigenvalue weighted by Crippen LogP contribution is -1.83. The molecule has 0 spiro atoms. The van der Waals surface area contributed by atoms with Crippen molar-refractivity contribution in [3.8, 4) is 32.6 Å². The molecule has 0 aliphatic carbocycles. The molecule has 0 aliphatic heterocycles. The molecule has 0 atom stereocenters. The van der Waals surface area contributed by atoms with E-state index in [0.717, 1.165) is 42.7 Å². The molecule has 2 aromatic heterocycles. The zero-order chi connectivity index (χ0) is 20.6. The predicted molar refractivity (Wildman–Crippen MR) is 130 cm³/mol. The Hall–Kier alpha value is -3.54. The zero-order valence-electron chi connectivity index (χ0n) is 16.4. The molecule has 0 saturated heterocycles. The van der Waals surface area contributed by atoms with Gasteiger partial charge in [0.15, 0.2) is 0 Å². The summed E-state index contributed by atoms with van der Waals surface area (Å²) in [5.74, 6) is 0. The van der Waals surface area contributed by atoms with Crippen molar-refractivity contribution in [2.45, 2.75) is 0 Å². The van der Waals surface area contributed by atoms with Crippen LogP contribution in [0.3, 0.4) is 0 Å². The van der Waals surface area contributed by atoms with E-state index in [9.17, 15) is 0 Å². The number of nitrogens with zero attached hydrogens (tertiary/aromatic N) is 2. The van der Waals surface area contributed by atoms with Gasteiger partial charge in [-0.1, -0.05) is 108 Å². The van der Waals surface area contributed by atoms with Gasteiger partial charge in [-0.3, -0.25) is 0 Å². The van der Waals surface area contributed by atoms with Crippen LogP contribution in [0.25, 0.3) is 42.7 Å². The Morgan fingerprint density at radius 2 is 0.935 bits per heavy atom. The van der Waals surface area contributed by atoms with Crippen molar-refractivity contribution in [1.29, 1.82) is 0 Å². The molecule has 0 saturated carbocycles. The predicted octanol–water partition coefficient (Wildman–Crippen LogP) is 8.03. The summed E-state index contributed by atoms with van der Waals surface area (Å²) >= 11 is 3.09. The van der Waals surface area contributed by atoms with E-state index in [1.54, 1.807) is 22.7 Å². The number of rotatable bonds is 4. The van der Waals surface area contributed by atoms with E-state index in [1.807, 2.05) is 36.4 Å². The van der Waals surface area contributed by atoms with Gasteiger partial charge in [0.1, 0.15) is 0 Å². The number of benzene rings is 4. The summed E-state index contributed by atoms with van der Waals surface area (Å²) in [4.78, 5) is 9.60. The van der Waals surface area contributed by atoms with Gasteiger partial charge in [-0.2, -0.15) is 0 Å². The van der Waals surface area contributed by atoms with Gasteiger partial charge in [0.2, 0.25) is 0 Å². The molecule has 0 radical (unpaired) electrons. The molecule has 4 aromatic carbocycles. The van der Waals surface area contributed by atoms with E-state index >= 15 is 0 Å². The fourth-order valence-electron chi connectivity index (χ4n) is 3.72. The zero-order valence-corrected chi connectivity index (χ0v) is 18.0. The van der Waals surface area contributed by atoms with Crippen LogP contribution in [0.2, 0.25) is 0 Å². The summed E-state index contributed by atoms with van der Waals surface area (Å²) in [6, 6.07) is 33.1. The molecular weight excluding hydrogens is 420 g/mol. The van der Waals surface area contributed by atoms with Crippen LogP contribution in [0.15, 0.2) is 97.1 Å². The van der Waals surface area contributed by atoms with Crippen LogP contribution in [0, 0.1) is 0 Å². The molecule has 0 unspecified atom stereocenters. The lowest BCUT2D eigenvalue weighted by atomic mass is 10.1. The van der Waals surface area contributed by atoms with E-state index in [4.69, 9.17) is 14.7 Å². The van der Waals surface area contributed by atoms with Crippen molar-refractivity contribution in [2.75, 3.05) is 0 Å². The van der Waals surface area contributed by atoms with Gasteiger partial charge in [0, 0.05) is 11.1 Å². The number of hydrogen-bond acceptors (Lipinski definition) is 5. The van der Waals surface area contributed by atoms with Gasteiger partial charge >= 0.3 is 0 Å². The number of para-hydroxylation sites is 2. The summed E-state index contributed by atoms with van der Waals surface area (Å²) in [6.07, 6.45) is 0. The first-order chi connectivity index (χ1) is 15.3. The molecule has 2 heterocycles. The van der Waals surface area contributed by atoms with Gasteiger partial charge in [0.05, 0.1) is 20.4 Å². The molecular formula is C26H16N2OS2. The van der Waals surface area contributed by atoms with Crippen molar-refractivity contribution in [3.63, 3.8) is 0 Å². The topological polar surface area (TPSA) is 35.0 Å². The van der Waals surface area contributed by atoms with Crippen molar-refractivity contribution < 1.29 is 4.74 Å². The first-order valence-corrected chi connectivity index (χ1v) is 11.6. The first kappa shape index (κ1) is 18.2. The third-order valence-corrected chi connectivity index (χ3v) is 6.94. The second-order valence-electron chi connectivity index (χ2n) is 7.10. The highest BCUT2D eigenvalue weighted by Crippen LogP contribution is 2.40. The minimum absolute atomic E-state index is 0.610. The summed E-state index contributed by atoms with van der Waals surface area (Å²) < 4.78 is 8.34. The maximum Gasteiger partial charge on any atom is 0.281 e. The smallest absolute Gasteiger partial charge is 0.281 e. The number of thiazole rings is 2. The van der Waals surface area contributed by atoms with E-state index in [2.05, 4.69) is 60.7 Å². The molecule has 0 bridgehead atoms. The third kappa shape index (κ3) is 3.38. The quantitative estimate of drug-likeness (QED) is 0.280. The van der Waals surface area contributed by atoms with E-state index < -0.39 is 0 Å². The average molecular weight is 437 g/mol. The maximum absolute atomic E-state index is 6.14. The van der Waals surface area contributed by atoms with Crippen LogP contribution in [0.4, 0.5) is 0 Å². The van der Waals surface area contributed by atoms with Crippen molar-refractivity contribution in [2.24, 2.45) is 0 Å². The monoisotopic (exact) mass is 436 g/mol. The highest BCUT2D eigenvalue weighted by Gasteiger charge is 2.15. The van der Waals surface area contributed by atoms with Crippen molar-refractivity contribution in [3.05, 3.63) is 97.1 Å². The lowest BCUT2D eigenvalue weighted by molar-refractivity contribution is 0.478. The number of hydrogen-bond donors (Lipinski definition) is 0. The van der Waals surface area contributed by atoms with Crippen LogP contribution in [0.1, 0.15) is 0 Å². The summed E-state index contributed by atoms with van der Waals surface area (Å²) in [7, 11) is 0. The maximum atomic E-state index is 6.14. The fraction of sp³-hybridized carbons (Fsp3) is 0. The van der Waals surface area contributed by atoms with Crippen LogP contribution in [0.5, 0.6) is 10.4 Å². The summed E-state index contributed by atoms with van der Waals surface area (Å²) in [5, 5.41) is 1.22. The van der Waals surface area contributed by atoms with Crippen LogP contribution in [-0.4, -0.2) is 9.97 Å². The van der Waals surface area contributed by atoms with E-state index in [-0.39, 0.29) is 0 Å². The van der Waals surface area contributed by atoms with Gasteiger partial charge in [-0.15, -0.1) is 0 Å². The highest BCUT2D eigenvalue weighted by atomic mass is 32.1. The standard InChI is InChI=1S/C26H16N2OS2/c1-3-9-17(10-4-1)19-13-7-15-21-23(19)27-25(30-21)29-26-28-24-20(14-8-16-22(24)31-26)18-11-5-2-6-12-18/h1-16H. The van der Waals surface area contributed by atoms with Crippen LogP contribution >= 0.6 is 22.7 Å². The number of ether oxygens (including phenoxy) is 1. The van der Waals surface area contributed by atoms with E-state index in [1.165, 1.54) is 0 Å². The van der Waals surface area contributed by atoms with Crippen LogP contribution < -0.4 is 4.74 Å². The Labute approximate surface area is 187 Å².